The first-order valence-electron chi connectivity index (χ1n) is 6.41. The molecule has 0 unspecified atom stereocenters. The Labute approximate surface area is 108 Å². The highest BCUT2D eigenvalue weighted by Gasteiger charge is 2.16. The van der Waals surface area contributed by atoms with Crippen molar-refractivity contribution in [3.05, 3.63) is 11.8 Å². The molecule has 2 rings (SSSR count). The zero-order valence-electron chi connectivity index (χ0n) is 11.1. The average Bonchev–Trinajstić information content (AvgIpc) is 2.40. The smallest absolute Gasteiger partial charge is 0.239 e. The van der Waals surface area contributed by atoms with Crippen LogP contribution in [-0.2, 0) is 0 Å². The van der Waals surface area contributed by atoms with Gasteiger partial charge in [-0.25, -0.2) is 10.8 Å². The molecule has 4 N–H and O–H groups in total. The second-order valence-corrected chi connectivity index (χ2v) is 5.00. The van der Waals surface area contributed by atoms with Crippen LogP contribution in [0.4, 0.5) is 11.8 Å². The van der Waals surface area contributed by atoms with Crippen LogP contribution >= 0.6 is 0 Å². The Hall–Kier alpha value is -1.40. The van der Waals surface area contributed by atoms with E-state index in [4.69, 9.17) is 5.84 Å². The fraction of sp³-hybridized carbons (Fsp3) is 0.667. The first-order valence-corrected chi connectivity index (χ1v) is 6.41. The van der Waals surface area contributed by atoms with E-state index in [2.05, 4.69) is 32.7 Å². The molecule has 0 aliphatic carbocycles. The van der Waals surface area contributed by atoms with E-state index in [0.717, 1.165) is 23.8 Å². The highest BCUT2D eigenvalue weighted by molar-refractivity contribution is 5.45. The number of anilines is 2. The summed E-state index contributed by atoms with van der Waals surface area (Å²) in [4.78, 5) is 10.8. The Morgan fingerprint density at radius 1 is 1.44 bits per heavy atom. The number of rotatable bonds is 4. The summed E-state index contributed by atoms with van der Waals surface area (Å²) < 4.78 is 0. The minimum atomic E-state index is 0.450. The molecule has 1 fully saturated rings. The molecule has 0 radical (unpaired) electrons. The Kier molecular flexibility index (Phi) is 4.33. The lowest BCUT2D eigenvalue weighted by molar-refractivity contribution is 0.226. The SMILES string of the molecule is Cc1cnc(NN)nc1NCC1CCN(C)CC1. The zero-order valence-corrected chi connectivity index (χ0v) is 11.1. The zero-order chi connectivity index (χ0) is 13.0. The van der Waals surface area contributed by atoms with Crippen molar-refractivity contribution in [2.75, 3.05) is 37.4 Å². The third-order valence-electron chi connectivity index (χ3n) is 3.50. The van der Waals surface area contributed by atoms with Crippen molar-refractivity contribution in [2.45, 2.75) is 19.8 Å². The standard InChI is InChI=1S/C12H22N6/c1-9-7-15-12(17-13)16-11(9)14-8-10-3-5-18(2)6-4-10/h7,10H,3-6,8,13H2,1-2H3,(H2,14,15,16,17). The molecule has 0 saturated carbocycles. The van der Waals surface area contributed by atoms with Crippen LogP contribution in [0.2, 0.25) is 0 Å². The number of hydrogen-bond acceptors (Lipinski definition) is 6. The Morgan fingerprint density at radius 3 is 2.83 bits per heavy atom. The van der Waals surface area contributed by atoms with Crippen LogP contribution in [0.25, 0.3) is 0 Å². The highest BCUT2D eigenvalue weighted by Crippen LogP contribution is 2.18. The van der Waals surface area contributed by atoms with Crippen molar-refractivity contribution in [1.29, 1.82) is 0 Å². The summed E-state index contributed by atoms with van der Waals surface area (Å²) in [6.07, 6.45) is 4.27. The van der Waals surface area contributed by atoms with Crippen LogP contribution in [0, 0.1) is 12.8 Å². The first kappa shape index (κ1) is 13.0. The van der Waals surface area contributed by atoms with Gasteiger partial charge in [0.1, 0.15) is 5.82 Å². The summed E-state index contributed by atoms with van der Waals surface area (Å²) in [5.74, 6) is 7.36. The molecule has 6 heteroatoms. The maximum absolute atomic E-state index is 5.31. The number of nitrogens with one attached hydrogen (secondary N) is 2. The number of hydrazine groups is 1. The highest BCUT2D eigenvalue weighted by atomic mass is 15.3. The van der Waals surface area contributed by atoms with Gasteiger partial charge in [-0.15, -0.1) is 0 Å². The molecule has 0 spiro atoms. The molecule has 18 heavy (non-hydrogen) atoms. The molecule has 1 aromatic rings. The lowest BCUT2D eigenvalue weighted by Gasteiger charge is -2.29. The number of aryl methyl sites for hydroxylation is 1. The normalized spacial score (nSPS) is 17.7. The fourth-order valence-electron chi connectivity index (χ4n) is 2.20. The fourth-order valence-corrected chi connectivity index (χ4v) is 2.20. The van der Waals surface area contributed by atoms with Crippen molar-refractivity contribution < 1.29 is 0 Å². The second kappa shape index (κ2) is 5.97. The van der Waals surface area contributed by atoms with Gasteiger partial charge >= 0.3 is 0 Å². The Bertz CT molecular complexity index is 386. The quantitative estimate of drug-likeness (QED) is 0.542. The van der Waals surface area contributed by atoms with Crippen LogP contribution in [0.15, 0.2) is 6.20 Å². The molecular weight excluding hydrogens is 228 g/mol. The van der Waals surface area contributed by atoms with Crippen LogP contribution in [0.3, 0.4) is 0 Å². The van der Waals surface area contributed by atoms with Gasteiger partial charge < -0.3 is 10.2 Å². The molecule has 0 bridgehead atoms. The van der Waals surface area contributed by atoms with Crippen molar-refractivity contribution in [2.24, 2.45) is 11.8 Å². The van der Waals surface area contributed by atoms with E-state index in [1.54, 1.807) is 6.20 Å². The number of aromatic nitrogens is 2. The third-order valence-corrected chi connectivity index (χ3v) is 3.50. The molecule has 1 aliphatic rings. The summed E-state index contributed by atoms with van der Waals surface area (Å²) in [5.41, 5.74) is 3.51. The number of nitrogens with two attached hydrogens (primary N) is 1. The molecule has 2 heterocycles. The summed E-state index contributed by atoms with van der Waals surface area (Å²) in [5, 5.41) is 3.41. The monoisotopic (exact) mass is 250 g/mol. The van der Waals surface area contributed by atoms with Gasteiger partial charge in [-0.2, -0.15) is 4.98 Å². The lowest BCUT2D eigenvalue weighted by Crippen LogP contribution is -2.33. The van der Waals surface area contributed by atoms with Gasteiger partial charge in [0, 0.05) is 18.3 Å². The lowest BCUT2D eigenvalue weighted by atomic mass is 9.97. The predicted molar refractivity (Wildman–Crippen MR) is 73.3 cm³/mol. The van der Waals surface area contributed by atoms with Crippen molar-refractivity contribution >= 4 is 11.8 Å². The number of piperidine rings is 1. The molecule has 0 atom stereocenters. The molecule has 1 aliphatic heterocycles. The van der Waals surface area contributed by atoms with Gasteiger partial charge in [0.2, 0.25) is 5.95 Å². The van der Waals surface area contributed by atoms with Crippen molar-refractivity contribution in [1.82, 2.24) is 14.9 Å². The van der Waals surface area contributed by atoms with E-state index in [1.807, 2.05) is 6.92 Å². The second-order valence-electron chi connectivity index (χ2n) is 5.00. The largest absolute Gasteiger partial charge is 0.369 e. The Morgan fingerprint density at radius 2 is 2.17 bits per heavy atom. The van der Waals surface area contributed by atoms with Gasteiger partial charge in [-0.1, -0.05) is 0 Å². The molecular formula is C12H22N6. The summed E-state index contributed by atoms with van der Waals surface area (Å²) >= 11 is 0. The van der Waals surface area contributed by atoms with E-state index in [1.165, 1.54) is 25.9 Å². The van der Waals surface area contributed by atoms with Gasteiger partial charge in [-0.05, 0) is 45.8 Å². The van der Waals surface area contributed by atoms with Crippen LogP contribution in [0.1, 0.15) is 18.4 Å². The molecule has 1 saturated heterocycles. The minimum Gasteiger partial charge on any atom is -0.369 e. The molecule has 100 valence electrons. The average molecular weight is 250 g/mol. The van der Waals surface area contributed by atoms with E-state index in [0.29, 0.717) is 5.95 Å². The number of nitrogen functional groups attached to an aromatic ring is 1. The van der Waals surface area contributed by atoms with Crippen LogP contribution in [-0.4, -0.2) is 41.5 Å². The van der Waals surface area contributed by atoms with Crippen molar-refractivity contribution in [3.63, 3.8) is 0 Å². The van der Waals surface area contributed by atoms with Crippen molar-refractivity contribution in [3.8, 4) is 0 Å². The maximum atomic E-state index is 5.31. The van der Waals surface area contributed by atoms with Gasteiger partial charge in [0.05, 0.1) is 0 Å². The summed E-state index contributed by atoms with van der Waals surface area (Å²) in [6, 6.07) is 0. The van der Waals surface area contributed by atoms with Gasteiger partial charge in [0.25, 0.3) is 0 Å². The van der Waals surface area contributed by atoms with E-state index in [9.17, 15) is 0 Å². The molecule has 6 nitrogen and oxygen atoms in total. The maximum Gasteiger partial charge on any atom is 0.239 e. The summed E-state index contributed by atoms with van der Waals surface area (Å²) in [7, 11) is 2.18. The van der Waals surface area contributed by atoms with E-state index in [-0.39, 0.29) is 0 Å². The molecule has 0 aromatic carbocycles. The predicted octanol–water partition coefficient (Wildman–Crippen LogP) is 0.824. The topological polar surface area (TPSA) is 79.1 Å². The summed E-state index contributed by atoms with van der Waals surface area (Å²) in [6.45, 7) is 5.34. The van der Waals surface area contributed by atoms with Crippen LogP contribution < -0.4 is 16.6 Å². The third kappa shape index (κ3) is 3.30. The number of hydrogen-bond donors (Lipinski definition) is 3. The number of nitrogens with zero attached hydrogens (tertiary/aromatic N) is 3. The minimum absolute atomic E-state index is 0.450. The molecule has 1 aromatic heterocycles. The Balaban J connectivity index is 1.89. The van der Waals surface area contributed by atoms with Crippen LogP contribution in [0.5, 0.6) is 0 Å². The molecule has 0 amide bonds. The van der Waals surface area contributed by atoms with E-state index < -0.39 is 0 Å². The first-order chi connectivity index (χ1) is 8.69. The van der Waals surface area contributed by atoms with Gasteiger partial charge in [0.15, 0.2) is 0 Å². The van der Waals surface area contributed by atoms with Gasteiger partial charge in [-0.3, -0.25) is 5.43 Å². The van der Waals surface area contributed by atoms with E-state index >= 15 is 0 Å². The number of likely N-dealkylation sites (tertiary alicyclic amines) is 1.